The van der Waals surface area contributed by atoms with Gasteiger partial charge in [-0.3, -0.25) is 9.69 Å². The fourth-order valence-corrected chi connectivity index (χ4v) is 13.0. The molecule has 5 heterocycles. The summed E-state index contributed by atoms with van der Waals surface area (Å²) < 4.78 is 41.9. The molecule has 0 aromatic heterocycles. The van der Waals surface area contributed by atoms with Gasteiger partial charge in [-0.05, 0) is 150 Å². The van der Waals surface area contributed by atoms with Gasteiger partial charge in [-0.15, -0.1) is 0 Å². The molecule has 5 saturated heterocycles. The van der Waals surface area contributed by atoms with Crippen molar-refractivity contribution in [3.8, 4) is 0 Å². The second kappa shape index (κ2) is 18.0. The van der Waals surface area contributed by atoms with Crippen LogP contribution >= 0.6 is 0 Å². The molecule has 5 aliphatic heterocycles. The van der Waals surface area contributed by atoms with E-state index < -0.39 is 21.2 Å². The van der Waals surface area contributed by atoms with Crippen molar-refractivity contribution >= 4 is 27.5 Å². The number of benzene rings is 2. The Bertz CT molecular complexity index is 1870. The first-order valence-electron chi connectivity index (χ1n) is 22.1. The predicted molar refractivity (Wildman–Crippen MR) is 224 cm³/mol. The number of nitrogens with one attached hydrogen (secondary N) is 1. The standard InChI is InChI=1S/C45H63FN6O5S/c46-37-9-4-8-36(28-37)45(33-50-23-7-24-50,41-10-5-11-42(41)47-44(54)55)35-18-25-49(26-19-35)29-34-17-27-51(30-34)38-13-15-39(16-14-38)58(56,57)40-31-52(32-40)43(53)12-6-22-48-20-2-1-3-21-48/h4,6,8-9,12-16,28,34-35,40-42,47H,1-3,5,7,10-11,17-27,29-33H2,(H,54,55)/b12-6+/t34-,41+,42+,45+/m1/s1. The second-order valence-electron chi connectivity index (χ2n) is 18.1. The van der Waals surface area contributed by atoms with E-state index in [2.05, 4.69) is 31.0 Å². The van der Waals surface area contributed by atoms with Crippen LogP contribution in [0.15, 0.2) is 65.6 Å². The highest BCUT2D eigenvalue weighted by Gasteiger charge is 2.53. The predicted octanol–water partition coefficient (Wildman–Crippen LogP) is 5.47. The largest absolute Gasteiger partial charge is 0.465 e. The molecule has 1 saturated carbocycles. The average molecular weight is 819 g/mol. The lowest BCUT2D eigenvalue weighted by Crippen LogP contribution is -2.59. The zero-order chi connectivity index (χ0) is 40.3. The molecule has 316 valence electrons. The minimum Gasteiger partial charge on any atom is -0.465 e. The lowest BCUT2D eigenvalue weighted by molar-refractivity contribution is -0.129. The summed E-state index contributed by atoms with van der Waals surface area (Å²) >= 11 is 0. The molecule has 1 aliphatic carbocycles. The number of anilines is 1. The van der Waals surface area contributed by atoms with E-state index in [1.807, 2.05) is 24.3 Å². The van der Waals surface area contributed by atoms with Gasteiger partial charge in [-0.1, -0.05) is 31.1 Å². The number of carbonyl (C=O) groups is 2. The zero-order valence-electron chi connectivity index (χ0n) is 34.0. The molecular weight excluding hydrogens is 756 g/mol. The molecule has 4 atom stereocenters. The quantitative estimate of drug-likeness (QED) is 0.240. The van der Waals surface area contributed by atoms with Crippen molar-refractivity contribution in [2.45, 2.75) is 85.8 Å². The molecular formula is C45H63FN6O5S. The number of carboxylic acid groups (broad SMARTS) is 1. The molecule has 2 aromatic rings. The molecule has 11 nitrogen and oxygen atoms in total. The van der Waals surface area contributed by atoms with Crippen LogP contribution in [0.25, 0.3) is 0 Å². The van der Waals surface area contributed by atoms with E-state index >= 15 is 0 Å². The molecule has 0 spiro atoms. The molecule has 58 heavy (non-hydrogen) atoms. The number of hydrogen-bond donors (Lipinski definition) is 2. The summed E-state index contributed by atoms with van der Waals surface area (Å²) in [5.41, 5.74) is 1.74. The summed E-state index contributed by atoms with van der Waals surface area (Å²) in [6.07, 6.45) is 13.2. The third-order valence-corrected chi connectivity index (χ3v) is 16.7. The third kappa shape index (κ3) is 8.98. The van der Waals surface area contributed by atoms with Crippen molar-refractivity contribution < 1.29 is 27.5 Å². The molecule has 8 rings (SSSR count). The Hall–Kier alpha value is -3.52. The number of amides is 2. The van der Waals surface area contributed by atoms with Crippen molar-refractivity contribution in [1.29, 1.82) is 0 Å². The first-order chi connectivity index (χ1) is 28.1. The van der Waals surface area contributed by atoms with E-state index in [0.29, 0.717) is 16.7 Å². The highest BCUT2D eigenvalue weighted by molar-refractivity contribution is 7.92. The van der Waals surface area contributed by atoms with E-state index in [4.69, 9.17) is 0 Å². The van der Waals surface area contributed by atoms with Crippen LogP contribution in [0.5, 0.6) is 0 Å². The maximum Gasteiger partial charge on any atom is 0.404 e. The van der Waals surface area contributed by atoms with Crippen molar-refractivity contribution in [3.63, 3.8) is 0 Å². The number of nitrogens with zero attached hydrogens (tertiary/aromatic N) is 5. The molecule has 0 bridgehead atoms. The molecule has 13 heteroatoms. The van der Waals surface area contributed by atoms with Crippen molar-refractivity contribution in [3.05, 3.63) is 72.1 Å². The number of hydrogen-bond acceptors (Lipinski definition) is 8. The van der Waals surface area contributed by atoms with Crippen molar-refractivity contribution in [1.82, 2.24) is 24.9 Å². The first kappa shape index (κ1) is 41.2. The first-order valence-corrected chi connectivity index (χ1v) is 23.6. The van der Waals surface area contributed by atoms with E-state index in [-0.39, 0.29) is 42.2 Å². The Balaban J connectivity index is 0.851. The summed E-state index contributed by atoms with van der Waals surface area (Å²) in [7, 11) is -3.53. The maximum absolute atomic E-state index is 15.0. The van der Waals surface area contributed by atoms with Gasteiger partial charge in [0.25, 0.3) is 0 Å². The van der Waals surface area contributed by atoms with E-state index in [1.54, 1.807) is 29.2 Å². The number of carbonyl (C=O) groups excluding carboxylic acids is 1. The Morgan fingerprint density at radius 3 is 2.24 bits per heavy atom. The van der Waals surface area contributed by atoms with Crippen LogP contribution in [-0.4, -0.2) is 141 Å². The van der Waals surface area contributed by atoms with E-state index in [0.717, 1.165) is 122 Å². The number of halogens is 1. The Labute approximate surface area is 344 Å². The molecule has 0 radical (unpaired) electrons. The average Bonchev–Trinajstić information content (AvgIpc) is 3.85. The topological polar surface area (TPSA) is 117 Å². The van der Waals surface area contributed by atoms with E-state index in [1.165, 1.54) is 31.7 Å². The number of rotatable bonds is 14. The van der Waals surface area contributed by atoms with Crippen LogP contribution in [0.2, 0.25) is 0 Å². The molecule has 2 N–H and O–H groups in total. The van der Waals surface area contributed by atoms with Gasteiger partial charge in [0.15, 0.2) is 9.84 Å². The summed E-state index contributed by atoms with van der Waals surface area (Å²) in [4.78, 5) is 36.4. The summed E-state index contributed by atoms with van der Waals surface area (Å²) in [5, 5.41) is 12.1. The number of piperidine rings is 2. The highest BCUT2D eigenvalue weighted by atomic mass is 32.2. The molecule has 2 aromatic carbocycles. The molecule has 6 aliphatic rings. The van der Waals surface area contributed by atoms with Gasteiger partial charge in [-0.2, -0.15) is 0 Å². The lowest BCUT2D eigenvalue weighted by atomic mass is 9.57. The third-order valence-electron chi connectivity index (χ3n) is 14.6. The highest BCUT2D eigenvalue weighted by Crippen LogP contribution is 2.51. The molecule has 6 fully saturated rings. The molecule has 2 amide bonds. The van der Waals surface area contributed by atoms with Gasteiger partial charge in [0, 0.05) is 69.0 Å². The lowest BCUT2D eigenvalue weighted by Gasteiger charge is -2.53. The van der Waals surface area contributed by atoms with Crippen molar-refractivity contribution in [2.24, 2.45) is 17.8 Å². The smallest absolute Gasteiger partial charge is 0.404 e. The maximum atomic E-state index is 15.0. The minimum absolute atomic E-state index is 0.112. The Morgan fingerprint density at radius 1 is 0.810 bits per heavy atom. The normalized spacial score (nSPS) is 26.7. The van der Waals surface area contributed by atoms with Gasteiger partial charge in [0.1, 0.15) is 11.1 Å². The van der Waals surface area contributed by atoms with Crippen molar-refractivity contribution in [2.75, 3.05) is 90.0 Å². The van der Waals surface area contributed by atoms with Crippen LogP contribution < -0.4 is 10.2 Å². The SMILES string of the molecule is O=C(O)N[C@H]1CCC[C@@H]1[C@](CN1CCC1)(c1cccc(F)c1)C1CCN(C[C@H]2CCN(c3ccc(S(=O)(=O)C4CN(C(=O)/C=C/CN5CCCCC5)C4)cc3)C2)CC1. The number of sulfone groups is 1. The number of likely N-dealkylation sites (tertiary alicyclic amines) is 4. The van der Waals surface area contributed by atoms with Gasteiger partial charge in [0.05, 0.1) is 4.90 Å². The molecule has 0 unspecified atom stereocenters. The summed E-state index contributed by atoms with van der Waals surface area (Å²) in [6, 6.07) is 14.4. The van der Waals surface area contributed by atoms with Gasteiger partial charge < -0.3 is 30.0 Å². The Kier molecular flexibility index (Phi) is 12.8. The van der Waals surface area contributed by atoms with Crippen LogP contribution in [0.3, 0.4) is 0 Å². The Morgan fingerprint density at radius 2 is 1.55 bits per heavy atom. The van der Waals surface area contributed by atoms with Gasteiger partial charge >= 0.3 is 6.09 Å². The fraction of sp³-hybridized carbons (Fsp3) is 0.644. The summed E-state index contributed by atoms with van der Waals surface area (Å²) in [5.74, 6) is 0.591. The van der Waals surface area contributed by atoms with Crippen LogP contribution in [0, 0.1) is 23.6 Å². The van der Waals surface area contributed by atoms with Gasteiger partial charge in [-0.25, -0.2) is 17.6 Å². The van der Waals surface area contributed by atoms with Crippen LogP contribution in [0.1, 0.15) is 69.8 Å². The van der Waals surface area contributed by atoms with Crippen LogP contribution in [-0.2, 0) is 20.0 Å². The summed E-state index contributed by atoms with van der Waals surface area (Å²) in [6.45, 7) is 11.1. The van der Waals surface area contributed by atoms with Gasteiger partial charge in [0.2, 0.25) is 5.91 Å². The monoisotopic (exact) mass is 818 g/mol. The minimum atomic E-state index is -3.53. The second-order valence-corrected chi connectivity index (χ2v) is 20.3. The fourth-order valence-electron chi connectivity index (χ4n) is 11.3. The van der Waals surface area contributed by atoms with E-state index in [9.17, 15) is 27.5 Å². The van der Waals surface area contributed by atoms with Crippen LogP contribution in [0.4, 0.5) is 14.9 Å². The zero-order valence-corrected chi connectivity index (χ0v) is 34.8.